The van der Waals surface area contributed by atoms with Gasteiger partial charge in [0.05, 0.1) is 6.61 Å². The Kier molecular flexibility index (Phi) is 3.79. The zero-order valence-corrected chi connectivity index (χ0v) is 11.7. The first-order valence-electron chi connectivity index (χ1n) is 6.29. The van der Waals surface area contributed by atoms with Crippen LogP contribution in [0, 0.1) is 5.92 Å². The first-order valence-corrected chi connectivity index (χ1v) is 7.73. The standard InChI is InChI=1S/C12H20N2O3S/c1-3-13-8-12(6-11(13)9-15)18(16,17)14-5-4-10(2)7-14/h6,8,10,15H,3-5,7,9H2,1-2H3. The molecule has 0 bridgehead atoms. The Morgan fingerprint density at radius 1 is 1.50 bits per heavy atom. The number of sulfonamides is 1. The van der Waals surface area contributed by atoms with E-state index >= 15 is 0 Å². The van der Waals surface area contributed by atoms with Crippen LogP contribution in [0.1, 0.15) is 26.0 Å². The van der Waals surface area contributed by atoms with Crippen molar-refractivity contribution >= 4 is 10.0 Å². The molecule has 18 heavy (non-hydrogen) atoms. The maximum absolute atomic E-state index is 12.4. The summed E-state index contributed by atoms with van der Waals surface area (Å²) in [5, 5.41) is 9.21. The predicted octanol–water partition coefficient (Wildman–Crippen LogP) is 1.03. The molecule has 0 spiro atoms. The lowest BCUT2D eigenvalue weighted by atomic mass is 10.2. The van der Waals surface area contributed by atoms with Gasteiger partial charge in [0.1, 0.15) is 4.90 Å². The zero-order chi connectivity index (χ0) is 13.3. The molecule has 1 aromatic rings. The number of hydrogen-bond acceptors (Lipinski definition) is 3. The largest absolute Gasteiger partial charge is 0.390 e. The number of hydrogen-bond donors (Lipinski definition) is 1. The Balaban J connectivity index is 2.32. The average molecular weight is 272 g/mol. The van der Waals surface area contributed by atoms with Crippen LogP contribution in [0.3, 0.4) is 0 Å². The second kappa shape index (κ2) is 5.03. The quantitative estimate of drug-likeness (QED) is 0.890. The van der Waals surface area contributed by atoms with Crippen LogP contribution in [-0.2, 0) is 23.2 Å². The number of rotatable bonds is 4. The molecule has 2 heterocycles. The molecular weight excluding hydrogens is 252 g/mol. The van der Waals surface area contributed by atoms with Crippen LogP contribution in [0.15, 0.2) is 17.2 Å². The van der Waals surface area contributed by atoms with Crippen LogP contribution < -0.4 is 0 Å². The van der Waals surface area contributed by atoms with Crippen LogP contribution >= 0.6 is 0 Å². The molecule has 6 heteroatoms. The molecule has 5 nitrogen and oxygen atoms in total. The molecule has 0 saturated carbocycles. The number of aryl methyl sites for hydroxylation is 1. The number of aromatic nitrogens is 1. The van der Waals surface area contributed by atoms with Crippen LogP contribution in [-0.4, -0.2) is 35.5 Å². The van der Waals surface area contributed by atoms with Crippen LogP contribution in [0.5, 0.6) is 0 Å². The summed E-state index contributed by atoms with van der Waals surface area (Å²) in [7, 11) is -3.39. The molecule has 102 valence electrons. The van der Waals surface area contributed by atoms with E-state index in [1.807, 2.05) is 6.92 Å². The number of aliphatic hydroxyl groups is 1. The van der Waals surface area contributed by atoms with E-state index in [0.29, 0.717) is 36.1 Å². The molecule has 1 atom stereocenters. The summed E-state index contributed by atoms with van der Waals surface area (Å²) in [6.45, 7) is 5.68. The molecule has 1 aromatic heterocycles. The Morgan fingerprint density at radius 3 is 2.67 bits per heavy atom. The molecule has 2 rings (SSSR count). The van der Waals surface area contributed by atoms with Gasteiger partial charge in [-0.3, -0.25) is 0 Å². The highest BCUT2D eigenvalue weighted by Gasteiger charge is 2.31. The molecule has 0 radical (unpaired) electrons. The van der Waals surface area contributed by atoms with Gasteiger partial charge in [0, 0.05) is 31.5 Å². The molecule has 1 saturated heterocycles. The van der Waals surface area contributed by atoms with Gasteiger partial charge in [-0.05, 0) is 25.3 Å². The van der Waals surface area contributed by atoms with Gasteiger partial charge in [-0.1, -0.05) is 6.92 Å². The van der Waals surface area contributed by atoms with Gasteiger partial charge in [-0.15, -0.1) is 0 Å². The monoisotopic (exact) mass is 272 g/mol. The Hall–Kier alpha value is -0.850. The van der Waals surface area contributed by atoms with Gasteiger partial charge in [0.15, 0.2) is 0 Å². The third kappa shape index (κ3) is 2.32. The maximum atomic E-state index is 12.4. The van der Waals surface area contributed by atoms with Crippen LogP contribution in [0.25, 0.3) is 0 Å². The van der Waals surface area contributed by atoms with Gasteiger partial charge in [0.2, 0.25) is 10.0 Å². The van der Waals surface area contributed by atoms with E-state index in [1.54, 1.807) is 16.8 Å². The average Bonchev–Trinajstić information content (AvgIpc) is 2.94. The summed E-state index contributed by atoms with van der Waals surface area (Å²) in [5.74, 6) is 0.422. The first kappa shape index (κ1) is 13.6. The minimum Gasteiger partial charge on any atom is -0.390 e. The lowest BCUT2D eigenvalue weighted by molar-refractivity contribution is 0.271. The molecule has 1 aliphatic heterocycles. The Bertz CT molecular complexity index is 500. The van der Waals surface area contributed by atoms with E-state index in [2.05, 4.69) is 6.92 Å². The van der Waals surface area contributed by atoms with Crippen LogP contribution in [0.4, 0.5) is 0 Å². The van der Waals surface area contributed by atoms with Crippen molar-refractivity contribution in [2.75, 3.05) is 13.1 Å². The van der Waals surface area contributed by atoms with Gasteiger partial charge in [-0.2, -0.15) is 4.31 Å². The van der Waals surface area contributed by atoms with Gasteiger partial charge in [0.25, 0.3) is 0 Å². The molecule has 1 N–H and O–H groups in total. The molecule has 0 aromatic carbocycles. The fourth-order valence-electron chi connectivity index (χ4n) is 2.35. The maximum Gasteiger partial charge on any atom is 0.244 e. The Morgan fingerprint density at radius 2 is 2.22 bits per heavy atom. The SMILES string of the molecule is CCn1cc(S(=O)(=O)N2CCC(C)C2)cc1CO. The minimum absolute atomic E-state index is 0.139. The van der Waals surface area contributed by atoms with Gasteiger partial charge < -0.3 is 9.67 Å². The second-order valence-electron chi connectivity index (χ2n) is 4.87. The summed E-state index contributed by atoms with van der Waals surface area (Å²) >= 11 is 0. The van der Waals surface area contributed by atoms with Crippen molar-refractivity contribution in [1.29, 1.82) is 0 Å². The van der Waals surface area contributed by atoms with Crippen molar-refractivity contribution in [3.8, 4) is 0 Å². The van der Waals surface area contributed by atoms with Crippen molar-refractivity contribution in [3.05, 3.63) is 18.0 Å². The van der Waals surface area contributed by atoms with E-state index in [1.165, 1.54) is 4.31 Å². The van der Waals surface area contributed by atoms with Crippen LogP contribution in [0.2, 0.25) is 0 Å². The summed E-state index contributed by atoms with van der Waals surface area (Å²) in [6, 6.07) is 1.57. The third-order valence-electron chi connectivity index (χ3n) is 3.49. The van der Waals surface area contributed by atoms with E-state index in [0.717, 1.165) is 6.42 Å². The van der Waals surface area contributed by atoms with Gasteiger partial charge in [-0.25, -0.2) is 8.42 Å². The van der Waals surface area contributed by atoms with E-state index in [9.17, 15) is 13.5 Å². The first-order chi connectivity index (χ1) is 8.48. The lowest BCUT2D eigenvalue weighted by Crippen LogP contribution is -2.28. The smallest absolute Gasteiger partial charge is 0.244 e. The highest BCUT2D eigenvalue weighted by Crippen LogP contribution is 2.25. The number of aliphatic hydroxyl groups excluding tert-OH is 1. The van der Waals surface area contributed by atoms with E-state index < -0.39 is 10.0 Å². The van der Waals surface area contributed by atoms with Crippen molar-refractivity contribution < 1.29 is 13.5 Å². The zero-order valence-electron chi connectivity index (χ0n) is 10.8. The molecule has 1 unspecified atom stereocenters. The summed E-state index contributed by atoms with van der Waals surface area (Å²) in [5.41, 5.74) is 0.642. The summed E-state index contributed by atoms with van der Waals surface area (Å²) in [6.07, 6.45) is 2.53. The normalized spacial score (nSPS) is 21.6. The summed E-state index contributed by atoms with van der Waals surface area (Å²) in [4.78, 5) is 0.294. The number of nitrogens with zero attached hydrogens (tertiary/aromatic N) is 2. The fraction of sp³-hybridized carbons (Fsp3) is 0.667. The Labute approximate surface area is 108 Å². The topological polar surface area (TPSA) is 62.5 Å². The summed E-state index contributed by atoms with van der Waals surface area (Å²) < 4.78 is 28.1. The highest BCUT2D eigenvalue weighted by molar-refractivity contribution is 7.89. The lowest BCUT2D eigenvalue weighted by Gasteiger charge is -2.14. The van der Waals surface area contributed by atoms with Gasteiger partial charge >= 0.3 is 0 Å². The van der Waals surface area contributed by atoms with Crippen molar-refractivity contribution in [3.63, 3.8) is 0 Å². The second-order valence-corrected chi connectivity index (χ2v) is 6.81. The molecule has 1 fully saturated rings. The molecule has 0 amide bonds. The minimum atomic E-state index is -3.39. The molecule has 1 aliphatic rings. The predicted molar refractivity (Wildman–Crippen MR) is 68.6 cm³/mol. The van der Waals surface area contributed by atoms with Crippen molar-refractivity contribution in [1.82, 2.24) is 8.87 Å². The van der Waals surface area contributed by atoms with E-state index in [-0.39, 0.29) is 6.61 Å². The third-order valence-corrected chi connectivity index (χ3v) is 5.32. The highest BCUT2D eigenvalue weighted by atomic mass is 32.2. The molecule has 0 aliphatic carbocycles. The molecular formula is C12H20N2O3S. The van der Waals surface area contributed by atoms with Crippen molar-refractivity contribution in [2.24, 2.45) is 5.92 Å². The van der Waals surface area contributed by atoms with Crippen molar-refractivity contribution in [2.45, 2.75) is 38.3 Å². The fourth-order valence-corrected chi connectivity index (χ4v) is 3.99. The van der Waals surface area contributed by atoms with E-state index in [4.69, 9.17) is 0 Å².